The summed E-state index contributed by atoms with van der Waals surface area (Å²) in [7, 11) is 0. The molecule has 1 fully saturated rings. The second-order valence-corrected chi connectivity index (χ2v) is 5.81. The molecule has 20 heavy (non-hydrogen) atoms. The lowest BCUT2D eigenvalue weighted by molar-refractivity contribution is 0.0599. The molecule has 5 heteroatoms. The Morgan fingerprint density at radius 3 is 2.25 bits per heavy atom. The Labute approximate surface area is 117 Å². The first kappa shape index (κ1) is 14.8. The van der Waals surface area contributed by atoms with Crippen molar-refractivity contribution in [2.24, 2.45) is 5.41 Å². The molecule has 0 unspecified atom stereocenters. The molecule has 0 spiro atoms. The Kier molecular flexibility index (Phi) is 3.97. The van der Waals surface area contributed by atoms with Crippen molar-refractivity contribution in [2.75, 3.05) is 18.8 Å². The smallest absolute Gasteiger partial charge is 0.254 e. The van der Waals surface area contributed by atoms with E-state index in [4.69, 9.17) is 5.73 Å². The number of carbonyl (C=O) groups excluding carboxylic acids is 1. The average molecular weight is 282 g/mol. The number of nitrogens with two attached hydrogens (primary N) is 1. The standard InChI is InChI=1S/C15H20F2N2O/c1-3-15(2)4-6-19(7-5-15)14(20)10-8-11(16)13(18)12(17)9-10/h8-9H,3-7,18H2,1-2H3. The summed E-state index contributed by atoms with van der Waals surface area (Å²) in [5.74, 6) is -2.10. The van der Waals surface area contributed by atoms with Gasteiger partial charge in [-0.05, 0) is 30.4 Å². The fourth-order valence-electron chi connectivity index (χ4n) is 2.49. The van der Waals surface area contributed by atoms with E-state index < -0.39 is 17.3 Å². The molecule has 0 bridgehead atoms. The first-order chi connectivity index (χ1) is 9.36. The molecule has 1 amide bonds. The van der Waals surface area contributed by atoms with Gasteiger partial charge < -0.3 is 10.6 Å². The minimum absolute atomic E-state index is 0.0225. The van der Waals surface area contributed by atoms with E-state index in [0.29, 0.717) is 13.1 Å². The highest BCUT2D eigenvalue weighted by Gasteiger charge is 2.31. The van der Waals surface area contributed by atoms with Crippen LogP contribution in [-0.2, 0) is 0 Å². The number of hydrogen-bond acceptors (Lipinski definition) is 2. The van der Waals surface area contributed by atoms with Crippen LogP contribution in [0.4, 0.5) is 14.5 Å². The minimum atomic E-state index is -0.885. The zero-order valence-electron chi connectivity index (χ0n) is 11.9. The normalized spacial score (nSPS) is 18.1. The average Bonchev–Trinajstić information content (AvgIpc) is 2.44. The van der Waals surface area contributed by atoms with Crippen molar-refractivity contribution in [3.63, 3.8) is 0 Å². The topological polar surface area (TPSA) is 46.3 Å². The van der Waals surface area contributed by atoms with Gasteiger partial charge in [-0.1, -0.05) is 20.3 Å². The molecule has 0 aliphatic carbocycles. The van der Waals surface area contributed by atoms with E-state index in [0.717, 1.165) is 31.4 Å². The summed E-state index contributed by atoms with van der Waals surface area (Å²) in [6, 6.07) is 2.02. The fraction of sp³-hybridized carbons (Fsp3) is 0.533. The lowest BCUT2D eigenvalue weighted by Gasteiger charge is -2.39. The van der Waals surface area contributed by atoms with Gasteiger partial charge in [-0.15, -0.1) is 0 Å². The lowest BCUT2D eigenvalue weighted by atomic mass is 9.78. The van der Waals surface area contributed by atoms with Crippen LogP contribution in [0.15, 0.2) is 12.1 Å². The number of amides is 1. The van der Waals surface area contributed by atoms with Crippen LogP contribution < -0.4 is 5.73 Å². The third-order valence-corrected chi connectivity index (χ3v) is 4.44. The van der Waals surface area contributed by atoms with Gasteiger partial charge in [-0.3, -0.25) is 4.79 Å². The Balaban J connectivity index is 2.13. The molecule has 1 aliphatic rings. The van der Waals surface area contributed by atoms with E-state index >= 15 is 0 Å². The predicted molar refractivity (Wildman–Crippen MR) is 74.3 cm³/mol. The van der Waals surface area contributed by atoms with Crippen molar-refractivity contribution in [3.8, 4) is 0 Å². The molecule has 0 atom stereocenters. The fourth-order valence-corrected chi connectivity index (χ4v) is 2.49. The van der Waals surface area contributed by atoms with E-state index in [1.165, 1.54) is 0 Å². The molecule has 1 aromatic carbocycles. The molecule has 1 aliphatic heterocycles. The molecule has 0 saturated carbocycles. The summed E-state index contributed by atoms with van der Waals surface area (Å²) in [6.45, 7) is 5.59. The van der Waals surface area contributed by atoms with Crippen molar-refractivity contribution in [3.05, 3.63) is 29.3 Å². The highest BCUT2D eigenvalue weighted by atomic mass is 19.1. The second-order valence-electron chi connectivity index (χ2n) is 5.81. The van der Waals surface area contributed by atoms with Gasteiger partial charge >= 0.3 is 0 Å². The van der Waals surface area contributed by atoms with Crippen molar-refractivity contribution >= 4 is 11.6 Å². The largest absolute Gasteiger partial charge is 0.394 e. The first-order valence-corrected chi connectivity index (χ1v) is 6.90. The van der Waals surface area contributed by atoms with Crippen LogP contribution in [0.5, 0.6) is 0 Å². The van der Waals surface area contributed by atoms with E-state index in [1.807, 2.05) is 0 Å². The summed E-state index contributed by atoms with van der Waals surface area (Å²) in [5, 5.41) is 0. The van der Waals surface area contributed by atoms with E-state index in [-0.39, 0.29) is 16.9 Å². The summed E-state index contributed by atoms with van der Waals surface area (Å²) in [5.41, 5.74) is 4.95. The Hall–Kier alpha value is -1.65. The number of halogens is 2. The van der Waals surface area contributed by atoms with E-state index in [9.17, 15) is 13.6 Å². The van der Waals surface area contributed by atoms with Crippen LogP contribution in [0.25, 0.3) is 0 Å². The van der Waals surface area contributed by atoms with Crippen LogP contribution in [-0.4, -0.2) is 23.9 Å². The van der Waals surface area contributed by atoms with Crippen LogP contribution in [0.2, 0.25) is 0 Å². The van der Waals surface area contributed by atoms with Crippen molar-refractivity contribution in [1.82, 2.24) is 4.90 Å². The van der Waals surface area contributed by atoms with Gasteiger partial charge in [0.2, 0.25) is 0 Å². The zero-order valence-corrected chi connectivity index (χ0v) is 11.9. The second kappa shape index (κ2) is 5.38. The maximum atomic E-state index is 13.4. The zero-order chi connectivity index (χ0) is 14.9. The van der Waals surface area contributed by atoms with Crippen molar-refractivity contribution in [1.29, 1.82) is 0 Å². The maximum absolute atomic E-state index is 13.4. The molecule has 0 aromatic heterocycles. The molecule has 1 aromatic rings. The quantitative estimate of drug-likeness (QED) is 0.847. The monoisotopic (exact) mass is 282 g/mol. The summed E-state index contributed by atoms with van der Waals surface area (Å²) < 4.78 is 26.8. The molecule has 1 saturated heterocycles. The van der Waals surface area contributed by atoms with Crippen LogP contribution in [0.1, 0.15) is 43.5 Å². The number of carbonyl (C=O) groups is 1. The van der Waals surface area contributed by atoms with Crippen LogP contribution >= 0.6 is 0 Å². The van der Waals surface area contributed by atoms with Crippen LogP contribution in [0, 0.1) is 17.0 Å². The molecule has 2 rings (SSSR count). The Morgan fingerprint density at radius 1 is 1.30 bits per heavy atom. The van der Waals surface area contributed by atoms with E-state index in [1.54, 1.807) is 4.90 Å². The summed E-state index contributed by atoms with van der Waals surface area (Å²) in [4.78, 5) is 13.9. The van der Waals surface area contributed by atoms with Gasteiger partial charge in [0, 0.05) is 18.7 Å². The Bertz CT molecular complexity index is 500. The minimum Gasteiger partial charge on any atom is -0.394 e. The van der Waals surface area contributed by atoms with Gasteiger partial charge in [0.25, 0.3) is 5.91 Å². The van der Waals surface area contributed by atoms with E-state index in [2.05, 4.69) is 13.8 Å². The summed E-state index contributed by atoms with van der Waals surface area (Å²) in [6.07, 6.45) is 2.89. The number of benzene rings is 1. The molecular formula is C15H20F2N2O. The number of piperidine rings is 1. The van der Waals surface area contributed by atoms with Gasteiger partial charge in [-0.2, -0.15) is 0 Å². The van der Waals surface area contributed by atoms with Gasteiger partial charge in [0.1, 0.15) is 17.3 Å². The van der Waals surface area contributed by atoms with Gasteiger partial charge in [0.15, 0.2) is 0 Å². The number of nitrogens with zero attached hydrogens (tertiary/aromatic N) is 1. The predicted octanol–water partition coefficient (Wildman–Crippen LogP) is 3.20. The molecular weight excluding hydrogens is 262 g/mol. The number of anilines is 1. The van der Waals surface area contributed by atoms with Crippen LogP contribution in [0.3, 0.4) is 0 Å². The van der Waals surface area contributed by atoms with Crippen molar-refractivity contribution in [2.45, 2.75) is 33.1 Å². The third-order valence-electron chi connectivity index (χ3n) is 4.44. The number of likely N-dealkylation sites (tertiary alicyclic amines) is 1. The SMILES string of the molecule is CCC1(C)CCN(C(=O)c2cc(F)c(N)c(F)c2)CC1. The summed E-state index contributed by atoms with van der Waals surface area (Å²) >= 11 is 0. The number of hydrogen-bond donors (Lipinski definition) is 1. The van der Waals surface area contributed by atoms with Gasteiger partial charge in [-0.25, -0.2) is 8.78 Å². The lowest BCUT2D eigenvalue weighted by Crippen LogP contribution is -2.42. The first-order valence-electron chi connectivity index (χ1n) is 6.90. The highest BCUT2D eigenvalue weighted by Crippen LogP contribution is 2.34. The molecule has 3 nitrogen and oxygen atoms in total. The van der Waals surface area contributed by atoms with Gasteiger partial charge in [0.05, 0.1) is 0 Å². The number of rotatable bonds is 2. The third kappa shape index (κ3) is 2.76. The maximum Gasteiger partial charge on any atom is 0.254 e. The molecule has 2 N–H and O–H groups in total. The van der Waals surface area contributed by atoms with Crippen molar-refractivity contribution < 1.29 is 13.6 Å². The molecule has 0 radical (unpaired) electrons. The number of nitrogen functional groups attached to an aromatic ring is 1. The Morgan fingerprint density at radius 2 is 1.80 bits per heavy atom. The molecule has 1 heterocycles. The highest BCUT2D eigenvalue weighted by molar-refractivity contribution is 5.94. The molecule has 110 valence electrons.